The number of nitro groups is 1. The van der Waals surface area contributed by atoms with E-state index in [9.17, 15) is 15.2 Å². The number of anilines is 2. The van der Waals surface area contributed by atoms with E-state index in [1.165, 1.54) is 18.2 Å². The standard InChI is InChI=1S/C12H11N5O3.Na.H2O4S/c13-7-1-3-10(9(14)5-7)15-16-11-6-8(17(19)20)2-4-12(11)18;;1-5(2,3)4/h1-6,18H,13-14H2;;(H2,1,2,3,4)/q;+1;/p-1/b16-15+;;. The summed E-state index contributed by atoms with van der Waals surface area (Å²) in [5.74, 6) is -0.214. The minimum Gasteiger partial charge on any atom is -0.726 e. The number of non-ortho nitro benzene ring substituents is 1. The molecule has 0 amide bonds. The zero-order chi connectivity index (χ0) is 19.2. The molecule has 2 rings (SSSR count). The first kappa shape index (κ1) is 23.7. The second kappa shape index (κ2) is 10.0. The van der Waals surface area contributed by atoms with Crippen LogP contribution in [0.25, 0.3) is 0 Å². The van der Waals surface area contributed by atoms with Crippen molar-refractivity contribution in [3.63, 3.8) is 0 Å². The molecule has 0 spiro atoms. The van der Waals surface area contributed by atoms with Crippen molar-refractivity contribution in [3.8, 4) is 5.75 Å². The number of hydrogen-bond donors (Lipinski definition) is 4. The van der Waals surface area contributed by atoms with Gasteiger partial charge in [-0.1, -0.05) is 0 Å². The fraction of sp³-hybridized carbons (Fsp3) is 0. The van der Waals surface area contributed by atoms with Crippen LogP contribution in [0.15, 0.2) is 46.6 Å². The third kappa shape index (κ3) is 8.70. The van der Waals surface area contributed by atoms with Crippen molar-refractivity contribution < 1.29 is 57.1 Å². The van der Waals surface area contributed by atoms with Crippen LogP contribution in [-0.2, 0) is 10.4 Å². The first-order valence-electron chi connectivity index (χ1n) is 6.20. The molecule has 6 N–H and O–H groups in total. The third-order valence-electron chi connectivity index (χ3n) is 2.49. The number of phenols is 1. The Morgan fingerprint density at radius 2 is 1.58 bits per heavy atom. The van der Waals surface area contributed by atoms with E-state index in [1.807, 2.05) is 0 Å². The molecule has 0 aliphatic heterocycles. The van der Waals surface area contributed by atoms with Gasteiger partial charge in [0.05, 0.1) is 10.6 Å². The third-order valence-corrected chi connectivity index (χ3v) is 2.49. The molecule has 2 aromatic carbocycles. The number of rotatable bonds is 3. The van der Waals surface area contributed by atoms with Gasteiger partial charge in [0.25, 0.3) is 5.69 Å². The van der Waals surface area contributed by atoms with E-state index in [0.717, 1.165) is 6.07 Å². The van der Waals surface area contributed by atoms with Crippen LogP contribution in [0.1, 0.15) is 0 Å². The van der Waals surface area contributed by atoms with Gasteiger partial charge < -0.3 is 21.1 Å². The summed E-state index contributed by atoms with van der Waals surface area (Å²) in [4.78, 5) is 10.1. The van der Waals surface area contributed by atoms with E-state index < -0.39 is 15.3 Å². The van der Waals surface area contributed by atoms with E-state index in [0.29, 0.717) is 17.1 Å². The molecule has 0 bridgehead atoms. The molecule has 0 unspecified atom stereocenters. The normalized spacial score (nSPS) is 10.5. The number of nitrogens with two attached hydrogens (primary N) is 2. The number of benzene rings is 2. The van der Waals surface area contributed by atoms with Gasteiger partial charge in [-0.05, 0) is 24.3 Å². The zero-order valence-corrected chi connectivity index (χ0v) is 16.1. The molecule has 0 saturated heterocycles. The van der Waals surface area contributed by atoms with Gasteiger partial charge in [0, 0.05) is 17.8 Å². The van der Waals surface area contributed by atoms with E-state index >= 15 is 0 Å². The Labute approximate surface area is 169 Å². The van der Waals surface area contributed by atoms with Crippen molar-refractivity contribution in [2.45, 2.75) is 0 Å². The Bertz CT molecular complexity index is 912. The minimum absolute atomic E-state index is 0. The second-order valence-corrected chi connectivity index (χ2v) is 5.23. The van der Waals surface area contributed by atoms with Gasteiger partial charge in [-0.25, -0.2) is 8.42 Å². The topological polar surface area (TPSA) is 218 Å². The van der Waals surface area contributed by atoms with Gasteiger partial charge in [-0.3, -0.25) is 14.7 Å². The monoisotopic (exact) mass is 393 g/mol. The summed E-state index contributed by atoms with van der Waals surface area (Å²) < 4.78 is 32.8. The summed E-state index contributed by atoms with van der Waals surface area (Å²) in [6, 6.07) is 8.14. The van der Waals surface area contributed by atoms with Crippen molar-refractivity contribution in [2.24, 2.45) is 10.2 Å². The maximum Gasteiger partial charge on any atom is 1.00 e. The van der Waals surface area contributed by atoms with Crippen LogP contribution in [0, 0.1) is 10.1 Å². The summed E-state index contributed by atoms with van der Waals surface area (Å²) in [5, 5.41) is 27.8. The fourth-order valence-corrected chi connectivity index (χ4v) is 1.48. The van der Waals surface area contributed by atoms with Gasteiger partial charge in [0.2, 0.25) is 10.4 Å². The summed E-state index contributed by atoms with van der Waals surface area (Å²) in [5.41, 5.74) is 12.2. The fourth-order valence-electron chi connectivity index (χ4n) is 1.48. The number of nitro benzene ring substituents is 1. The molecule has 0 heterocycles. The first-order chi connectivity index (χ1) is 11.5. The molecule has 0 aliphatic rings. The van der Waals surface area contributed by atoms with Crippen LogP contribution in [0.3, 0.4) is 0 Å². The van der Waals surface area contributed by atoms with Crippen molar-refractivity contribution in [2.75, 3.05) is 11.5 Å². The van der Waals surface area contributed by atoms with Gasteiger partial charge >= 0.3 is 29.6 Å². The number of nitrogen functional groups attached to an aromatic ring is 2. The van der Waals surface area contributed by atoms with E-state index in [1.54, 1.807) is 12.1 Å². The summed E-state index contributed by atoms with van der Waals surface area (Å²) >= 11 is 0. The molecule has 0 fully saturated rings. The van der Waals surface area contributed by atoms with E-state index in [4.69, 9.17) is 29.0 Å². The number of aromatic hydroxyl groups is 1. The first-order valence-corrected chi connectivity index (χ1v) is 7.56. The Morgan fingerprint density at radius 1 is 1.04 bits per heavy atom. The SMILES string of the molecule is Nc1ccc(/N=N/c2cc([N+](=O)[O-])ccc2O)c(N)c1.O=S(=O)([O-])O.[Na+]. The van der Waals surface area contributed by atoms with Crippen LogP contribution in [0.4, 0.5) is 28.4 Å². The van der Waals surface area contributed by atoms with Crippen LogP contribution in [0.5, 0.6) is 5.75 Å². The molecule has 26 heavy (non-hydrogen) atoms. The molecule has 0 radical (unpaired) electrons. The number of phenolic OH excluding ortho intramolecular Hbond substituents is 1. The molecule has 0 saturated carbocycles. The average Bonchev–Trinajstić information content (AvgIpc) is 2.46. The number of azo groups is 1. The van der Waals surface area contributed by atoms with E-state index in [-0.39, 0.29) is 46.7 Å². The molecule has 14 heteroatoms. The van der Waals surface area contributed by atoms with Crippen molar-refractivity contribution in [3.05, 3.63) is 46.5 Å². The van der Waals surface area contributed by atoms with E-state index in [2.05, 4.69) is 10.2 Å². The van der Waals surface area contributed by atoms with Crippen LogP contribution < -0.4 is 41.0 Å². The summed E-state index contributed by atoms with van der Waals surface area (Å²) in [6.07, 6.45) is 0. The summed E-state index contributed by atoms with van der Waals surface area (Å²) in [7, 11) is -4.92. The molecular formula is C12H12N5NaO7S. The quantitative estimate of drug-likeness (QED) is 0.0943. The molecule has 0 atom stereocenters. The Morgan fingerprint density at radius 3 is 2.08 bits per heavy atom. The largest absolute Gasteiger partial charge is 1.00 e. The summed E-state index contributed by atoms with van der Waals surface area (Å²) in [6.45, 7) is 0. The molecule has 2 aromatic rings. The minimum atomic E-state index is -4.92. The number of hydrogen-bond acceptors (Lipinski definition) is 10. The molecule has 134 valence electrons. The predicted molar refractivity (Wildman–Crippen MR) is 86.5 cm³/mol. The van der Waals surface area contributed by atoms with Crippen LogP contribution in [0.2, 0.25) is 0 Å². The van der Waals surface area contributed by atoms with Gasteiger partial charge in [0.1, 0.15) is 17.1 Å². The smallest absolute Gasteiger partial charge is 0.726 e. The van der Waals surface area contributed by atoms with Crippen LogP contribution >= 0.6 is 0 Å². The van der Waals surface area contributed by atoms with Crippen molar-refractivity contribution >= 4 is 38.8 Å². The Balaban J connectivity index is 0.000000923. The molecular weight excluding hydrogens is 381 g/mol. The Hall–Kier alpha value is -2.29. The Kier molecular flexibility index (Phi) is 9.12. The van der Waals surface area contributed by atoms with Gasteiger partial charge in [-0.15, -0.1) is 10.2 Å². The number of nitrogens with zero attached hydrogens (tertiary/aromatic N) is 3. The van der Waals surface area contributed by atoms with Gasteiger partial charge in [0.15, 0.2) is 0 Å². The average molecular weight is 393 g/mol. The predicted octanol–water partition coefficient (Wildman–Crippen LogP) is -1.11. The van der Waals surface area contributed by atoms with Crippen molar-refractivity contribution in [1.29, 1.82) is 0 Å². The van der Waals surface area contributed by atoms with Crippen LogP contribution in [-0.4, -0.2) is 27.6 Å². The van der Waals surface area contributed by atoms with Crippen molar-refractivity contribution in [1.82, 2.24) is 0 Å². The molecule has 0 aromatic heterocycles. The molecule has 0 aliphatic carbocycles. The second-order valence-electron chi connectivity index (χ2n) is 4.38. The maximum atomic E-state index is 10.6. The zero-order valence-electron chi connectivity index (χ0n) is 13.3. The van der Waals surface area contributed by atoms with Gasteiger partial charge in [-0.2, -0.15) is 0 Å². The maximum absolute atomic E-state index is 10.6. The molecule has 12 nitrogen and oxygen atoms in total.